The topological polar surface area (TPSA) is 59.2 Å². The van der Waals surface area contributed by atoms with Crippen LogP contribution in [0.4, 0.5) is 0 Å². The fourth-order valence-electron chi connectivity index (χ4n) is 2.66. The van der Waals surface area contributed by atoms with Gasteiger partial charge in [-0.2, -0.15) is 0 Å². The molecule has 19 heavy (non-hydrogen) atoms. The van der Waals surface area contributed by atoms with Crippen LogP contribution < -0.4 is 5.73 Å². The molecule has 0 spiro atoms. The molecule has 0 radical (unpaired) electrons. The van der Waals surface area contributed by atoms with Crippen molar-refractivity contribution in [3.63, 3.8) is 0 Å². The van der Waals surface area contributed by atoms with Crippen molar-refractivity contribution >= 4 is 27.5 Å². The van der Waals surface area contributed by atoms with E-state index < -0.39 is 0 Å². The molecule has 2 heterocycles. The van der Waals surface area contributed by atoms with E-state index in [0.29, 0.717) is 0 Å². The van der Waals surface area contributed by atoms with Crippen LogP contribution in [0, 0.1) is 0 Å². The van der Waals surface area contributed by atoms with E-state index in [0.717, 1.165) is 42.9 Å². The van der Waals surface area contributed by atoms with Crippen LogP contribution in [-0.4, -0.2) is 28.4 Å². The molecule has 1 aliphatic heterocycles. The van der Waals surface area contributed by atoms with E-state index in [1.807, 2.05) is 18.2 Å². The number of rotatable bonds is 3. The number of aromatic nitrogens is 1. The number of para-hydroxylation sites is 1. The fourth-order valence-corrected chi connectivity index (χ4v) is 3.66. The number of thiazole rings is 1. The van der Waals surface area contributed by atoms with Crippen LogP contribution in [0.25, 0.3) is 10.2 Å². The maximum Gasteiger partial charge on any atom is 0.234 e. The van der Waals surface area contributed by atoms with E-state index in [9.17, 15) is 4.79 Å². The van der Waals surface area contributed by atoms with Gasteiger partial charge in [0.25, 0.3) is 0 Å². The van der Waals surface area contributed by atoms with Crippen LogP contribution >= 0.6 is 11.3 Å². The van der Waals surface area contributed by atoms with Crippen molar-refractivity contribution < 1.29 is 4.79 Å². The third kappa shape index (κ3) is 2.62. The van der Waals surface area contributed by atoms with Gasteiger partial charge in [0.2, 0.25) is 5.91 Å². The van der Waals surface area contributed by atoms with E-state index in [1.165, 1.54) is 4.70 Å². The first-order valence-corrected chi connectivity index (χ1v) is 7.43. The first kappa shape index (κ1) is 12.6. The van der Waals surface area contributed by atoms with Crippen LogP contribution in [0.2, 0.25) is 0 Å². The Bertz CT molecular complexity index is 562. The molecule has 0 bridgehead atoms. The number of nitrogens with zero attached hydrogens (tertiary/aromatic N) is 2. The molecular formula is C14H17N3OS. The van der Waals surface area contributed by atoms with Gasteiger partial charge in [0.15, 0.2) is 0 Å². The standard InChI is InChI=1S/C14H17N3OS/c15-14(18)11-6-3-4-8-17(11)9-13-16-10-5-1-2-7-12(10)19-13/h1-2,5,7,11H,3-4,6,8-9H2,(H2,15,18)/t11-/m1/s1. The second-order valence-electron chi connectivity index (χ2n) is 4.96. The molecule has 4 nitrogen and oxygen atoms in total. The minimum Gasteiger partial charge on any atom is -0.368 e. The Kier molecular flexibility index (Phi) is 3.48. The van der Waals surface area contributed by atoms with Gasteiger partial charge in [-0.1, -0.05) is 18.6 Å². The minimum atomic E-state index is -0.208. The monoisotopic (exact) mass is 275 g/mol. The Balaban J connectivity index is 1.80. The van der Waals surface area contributed by atoms with Gasteiger partial charge >= 0.3 is 0 Å². The number of likely N-dealkylation sites (tertiary alicyclic amines) is 1. The quantitative estimate of drug-likeness (QED) is 0.933. The van der Waals surface area contributed by atoms with Gasteiger partial charge in [0.1, 0.15) is 5.01 Å². The number of carbonyl (C=O) groups excluding carboxylic acids is 1. The van der Waals surface area contributed by atoms with Crippen molar-refractivity contribution in [1.82, 2.24) is 9.88 Å². The second-order valence-corrected chi connectivity index (χ2v) is 6.07. The number of fused-ring (bicyclic) bond motifs is 1. The smallest absolute Gasteiger partial charge is 0.234 e. The Morgan fingerprint density at radius 3 is 3.05 bits per heavy atom. The lowest BCUT2D eigenvalue weighted by Gasteiger charge is -2.32. The molecular weight excluding hydrogens is 258 g/mol. The average molecular weight is 275 g/mol. The molecule has 1 aromatic carbocycles. The normalized spacial score (nSPS) is 20.7. The number of piperidine rings is 1. The predicted octanol–water partition coefficient (Wildman–Crippen LogP) is 2.14. The highest BCUT2D eigenvalue weighted by atomic mass is 32.1. The van der Waals surface area contributed by atoms with Gasteiger partial charge < -0.3 is 5.73 Å². The molecule has 1 amide bonds. The molecule has 1 aromatic heterocycles. The summed E-state index contributed by atoms with van der Waals surface area (Å²) in [6.07, 6.45) is 3.10. The van der Waals surface area contributed by atoms with Crippen molar-refractivity contribution in [2.24, 2.45) is 5.73 Å². The minimum absolute atomic E-state index is 0.124. The number of amides is 1. The van der Waals surface area contributed by atoms with Crippen molar-refractivity contribution in [3.05, 3.63) is 29.3 Å². The fraction of sp³-hybridized carbons (Fsp3) is 0.429. The number of benzene rings is 1. The molecule has 1 fully saturated rings. The summed E-state index contributed by atoms with van der Waals surface area (Å²) in [6, 6.07) is 8.01. The highest BCUT2D eigenvalue weighted by Gasteiger charge is 2.27. The van der Waals surface area contributed by atoms with Crippen LogP contribution in [0.1, 0.15) is 24.3 Å². The predicted molar refractivity (Wildman–Crippen MR) is 76.9 cm³/mol. The summed E-state index contributed by atoms with van der Waals surface area (Å²) >= 11 is 1.70. The van der Waals surface area contributed by atoms with Crippen LogP contribution in [0.5, 0.6) is 0 Å². The van der Waals surface area contributed by atoms with Crippen molar-refractivity contribution in [1.29, 1.82) is 0 Å². The number of hydrogen-bond donors (Lipinski definition) is 1. The van der Waals surface area contributed by atoms with Gasteiger partial charge in [0, 0.05) is 0 Å². The van der Waals surface area contributed by atoms with Gasteiger partial charge in [-0.05, 0) is 31.5 Å². The second kappa shape index (κ2) is 5.27. The van der Waals surface area contributed by atoms with E-state index in [-0.39, 0.29) is 11.9 Å². The molecule has 2 aromatic rings. The first-order chi connectivity index (χ1) is 9.24. The van der Waals surface area contributed by atoms with E-state index in [1.54, 1.807) is 11.3 Å². The lowest BCUT2D eigenvalue weighted by Crippen LogP contribution is -2.47. The molecule has 100 valence electrons. The number of primary amides is 1. The van der Waals surface area contributed by atoms with Gasteiger partial charge in [-0.3, -0.25) is 9.69 Å². The van der Waals surface area contributed by atoms with Crippen molar-refractivity contribution in [3.8, 4) is 0 Å². The molecule has 1 aliphatic rings. The summed E-state index contributed by atoms with van der Waals surface area (Å²) in [6.45, 7) is 1.66. The maximum absolute atomic E-state index is 11.5. The molecule has 0 aliphatic carbocycles. The van der Waals surface area contributed by atoms with Crippen LogP contribution in [0.3, 0.4) is 0 Å². The third-order valence-corrected chi connectivity index (χ3v) is 4.64. The summed E-state index contributed by atoms with van der Waals surface area (Å²) in [5.74, 6) is -0.208. The van der Waals surface area contributed by atoms with E-state index in [4.69, 9.17) is 5.73 Å². The van der Waals surface area contributed by atoms with Crippen LogP contribution in [0.15, 0.2) is 24.3 Å². The Labute approximate surface area is 116 Å². The summed E-state index contributed by atoms with van der Waals surface area (Å²) in [5.41, 5.74) is 6.53. The van der Waals surface area contributed by atoms with Gasteiger partial charge in [-0.25, -0.2) is 4.98 Å². The molecule has 5 heteroatoms. The van der Waals surface area contributed by atoms with Gasteiger partial charge in [-0.15, -0.1) is 11.3 Å². The molecule has 3 rings (SSSR count). The zero-order valence-corrected chi connectivity index (χ0v) is 11.5. The van der Waals surface area contributed by atoms with Gasteiger partial charge in [0.05, 0.1) is 22.8 Å². The maximum atomic E-state index is 11.5. The Hall–Kier alpha value is -1.46. The number of hydrogen-bond acceptors (Lipinski definition) is 4. The Morgan fingerprint density at radius 1 is 1.42 bits per heavy atom. The summed E-state index contributed by atoms with van der Waals surface area (Å²) in [7, 11) is 0. The molecule has 1 atom stereocenters. The van der Waals surface area contributed by atoms with Crippen molar-refractivity contribution in [2.75, 3.05) is 6.54 Å². The largest absolute Gasteiger partial charge is 0.368 e. The average Bonchev–Trinajstić information content (AvgIpc) is 2.81. The molecule has 1 saturated heterocycles. The summed E-state index contributed by atoms with van der Waals surface area (Å²) in [4.78, 5) is 18.3. The number of carbonyl (C=O) groups is 1. The third-order valence-electron chi connectivity index (χ3n) is 3.62. The molecule has 0 saturated carbocycles. The van der Waals surface area contributed by atoms with E-state index >= 15 is 0 Å². The number of nitrogens with two attached hydrogens (primary N) is 1. The summed E-state index contributed by atoms with van der Waals surface area (Å²) in [5, 5.41) is 1.06. The highest BCUT2D eigenvalue weighted by Crippen LogP contribution is 2.25. The lowest BCUT2D eigenvalue weighted by atomic mass is 10.0. The molecule has 0 unspecified atom stereocenters. The van der Waals surface area contributed by atoms with Crippen molar-refractivity contribution in [2.45, 2.75) is 31.8 Å². The van der Waals surface area contributed by atoms with Crippen LogP contribution in [-0.2, 0) is 11.3 Å². The summed E-state index contributed by atoms with van der Waals surface area (Å²) < 4.78 is 1.20. The van der Waals surface area contributed by atoms with E-state index in [2.05, 4.69) is 16.0 Å². The zero-order valence-electron chi connectivity index (χ0n) is 10.7. The Morgan fingerprint density at radius 2 is 2.26 bits per heavy atom. The highest BCUT2D eigenvalue weighted by molar-refractivity contribution is 7.18. The molecule has 2 N–H and O–H groups in total. The lowest BCUT2D eigenvalue weighted by molar-refractivity contribution is -0.124. The SMILES string of the molecule is NC(=O)[C@H]1CCCCN1Cc1nc2ccccc2s1. The zero-order chi connectivity index (χ0) is 13.2. The first-order valence-electron chi connectivity index (χ1n) is 6.62.